The maximum absolute atomic E-state index is 12.6. The summed E-state index contributed by atoms with van der Waals surface area (Å²) in [5.41, 5.74) is 1.30. The Labute approximate surface area is 182 Å². The number of nitrogens with one attached hydrogen (secondary N) is 1. The van der Waals surface area contributed by atoms with Crippen molar-refractivity contribution in [2.45, 2.75) is 6.54 Å². The number of aromatic nitrogens is 2. The highest BCUT2D eigenvalue weighted by Gasteiger charge is 2.17. The summed E-state index contributed by atoms with van der Waals surface area (Å²) in [5.74, 6) is 1.66. The van der Waals surface area contributed by atoms with Crippen molar-refractivity contribution in [3.05, 3.63) is 72.3 Å². The first-order valence-corrected chi connectivity index (χ1v) is 9.91. The SMILES string of the molecule is COc1ccc(-c2noc(CNC(=O)c3cc4c(ccc5ccccc54)o3)n2)c(OC)c1. The van der Waals surface area contributed by atoms with E-state index >= 15 is 0 Å². The van der Waals surface area contributed by atoms with Gasteiger partial charge in [-0.3, -0.25) is 4.79 Å². The first kappa shape index (κ1) is 19.6. The van der Waals surface area contributed by atoms with Gasteiger partial charge in [-0.1, -0.05) is 35.5 Å². The molecular weight excluding hydrogens is 410 g/mol. The number of hydrogen-bond donors (Lipinski definition) is 1. The van der Waals surface area contributed by atoms with Gasteiger partial charge in [0.05, 0.1) is 26.3 Å². The lowest BCUT2D eigenvalue weighted by Gasteiger charge is -2.07. The molecule has 0 spiro atoms. The van der Waals surface area contributed by atoms with Crippen molar-refractivity contribution in [1.29, 1.82) is 0 Å². The summed E-state index contributed by atoms with van der Waals surface area (Å²) in [4.78, 5) is 17.0. The number of rotatable bonds is 6. The largest absolute Gasteiger partial charge is 0.497 e. The fourth-order valence-corrected chi connectivity index (χ4v) is 3.57. The van der Waals surface area contributed by atoms with E-state index in [0.29, 0.717) is 28.5 Å². The molecule has 8 nitrogen and oxygen atoms in total. The van der Waals surface area contributed by atoms with Crippen LogP contribution in [-0.4, -0.2) is 30.3 Å². The zero-order valence-electron chi connectivity index (χ0n) is 17.4. The van der Waals surface area contributed by atoms with Crippen LogP contribution < -0.4 is 14.8 Å². The Bertz CT molecular complexity index is 1440. The first-order valence-electron chi connectivity index (χ1n) is 9.91. The monoisotopic (exact) mass is 429 g/mol. The van der Waals surface area contributed by atoms with Crippen LogP contribution >= 0.6 is 0 Å². The van der Waals surface area contributed by atoms with E-state index in [2.05, 4.69) is 15.5 Å². The van der Waals surface area contributed by atoms with Gasteiger partial charge in [0.2, 0.25) is 11.7 Å². The zero-order valence-corrected chi connectivity index (χ0v) is 17.4. The number of benzene rings is 3. The number of furan rings is 1. The van der Waals surface area contributed by atoms with E-state index in [1.807, 2.05) is 36.4 Å². The highest BCUT2D eigenvalue weighted by atomic mass is 16.5. The fourth-order valence-electron chi connectivity index (χ4n) is 3.57. The summed E-state index contributed by atoms with van der Waals surface area (Å²) in [5, 5.41) is 9.75. The van der Waals surface area contributed by atoms with Crippen LogP contribution in [0.2, 0.25) is 0 Å². The highest BCUT2D eigenvalue weighted by Crippen LogP contribution is 2.31. The second-order valence-corrected chi connectivity index (χ2v) is 7.07. The van der Waals surface area contributed by atoms with E-state index in [1.54, 1.807) is 38.5 Å². The Hall–Kier alpha value is -4.33. The second kappa shape index (κ2) is 8.07. The summed E-state index contributed by atoms with van der Waals surface area (Å²) < 4.78 is 21.6. The Morgan fingerprint density at radius 1 is 1.00 bits per heavy atom. The van der Waals surface area contributed by atoms with Crippen LogP contribution in [0.25, 0.3) is 33.1 Å². The molecule has 0 unspecified atom stereocenters. The Balaban J connectivity index is 1.33. The molecule has 5 rings (SSSR count). The molecule has 160 valence electrons. The summed E-state index contributed by atoms with van der Waals surface area (Å²) in [7, 11) is 3.13. The molecule has 32 heavy (non-hydrogen) atoms. The number of hydrogen-bond acceptors (Lipinski definition) is 7. The Morgan fingerprint density at radius 3 is 2.72 bits per heavy atom. The van der Waals surface area contributed by atoms with Crippen LogP contribution in [0.4, 0.5) is 0 Å². The number of nitrogens with zero attached hydrogens (tertiary/aromatic N) is 2. The lowest BCUT2D eigenvalue weighted by atomic mass is 10.1. The molecule has 1 N–H and O–H groups in total. The molecule has 2 aromatic heterocycles. The molecular formula is C24H19N3O5. The minimum absolute atomic E-state index is 0.0576. The number of carbonyl (C=O) groups excluding carboxylic acids is 1. The summed E-state index contributed by atoms with van der Waals surface area (Å²) in [6, 6.07) is 18.8. The van der Waals surface area contributed by atoms with Crippen LogP contribution in [0.1, 0.15) is 16.4 Å². The summed E-state index contributed by atoms with van der Waals surface area (Å²) in [6.45, 7) is 0.0576. The van der Waals surface area contributed by atoms with Crippen molar-refractivity contribution in [3.8, 4) is 22.9 Å². The molecule has 0 bridgehead atoms. The third-order valence-electron chi connectivity index (χ3n) is 5.17. The molecule has 0 radical (unpaired) electrons. The molecule has 0 fully saturated rings. The van der Waals surface area contributed by atoms with Gasteiger partial charge >= 0.3 is 0 Å². The van der Waals surface area contributed by atoms with Gasteiger partial charge in [0.15, 0.2) is 5.76 Å². The quantitative estimate of drug-likeness (QED) is 0.422. The smallest absolute Gasteiger partial charge is 0.287 e. The van der Waals surface area contributed by atoms with E-state index < -0.39 is 0 Å². The first-order chi connectivity index (χ1) is 15.7. The molecule has 0 atom stereocenters. The van der Waals surface area contributed by atoms with Crippen molar-refractivity contribution in [2.75, 3.05) is 14.2 Å². The Morgan fingerprint density at radius 2 is 1.88 bits per heavy atom. The van der Waals surface area contributed by atoms with Crippen LogP contribution in [0.15, 0.2) is 69.6 Å². The predicted molar refractivity (Wildman–Crippen MR) is 118 cm³/mol. The van der Waals surface area contributed by atoms with Crippen molar-refractivity contribution in [2.24, 2.45) is 0 Å². The topological polar surface area (TPSA) is 99.6 Å². The van der Waals surface area contributed by atoms with Crippen molar-refractivity contribution < 1.29 is 23.2 Å². The molecule has 8 heteroatoms. The fraction of sp³-hybridized carbons (Fsp3) is 0.125. The van der Waals surface area contributed by atoms with Crippen molar-refractivity contribution in [1.82, 2.24) is 15.5 Å². The number of amides is 1. The number of carbonyl (C=O) groups is 1. The third kappa shape index (κ3) is 3.51. The van der Waals surface area contributed by atoms with Gasteiger partial charge < -0.3 is 23.7 Å². The summed E-state index contributed by atoms with van der Waals surface area (Å²) >= 11 is 0. The van der Waals surface area contributed by atoms with Crippen molar-refractivity contribution in [3.63, 3.8) is 0 Å². The second-order valence-electron chi connectivity index (χ2n) is 7.07. The molecule has 2 heterocycles. The summed E-state index contributed by atoms with van der Waals surface area (Å²) in [6.07, 6.45) is 0. The van der Waals surface area contributed by atoms with E-state index in [9.17, 15) is 4.79 Å². The molecule has 0 aliphatic heterocycles. The minimum atomic E-state index is -0.368. The Kier molecular flexibility index (Phi) is 4.95. The molecule has 0 aliphatic rings. The average molecular weight is 429 g/mol. The minimum Gasteiger partial charge on any atom is -0.497 e. The lowest BCUT2D eigenvalue weighted by Crippen LogP contribution is -2.22. The van der Waals surface area contributed by atoms with Crippen LogP contribution in [0.3, 0.4) is 0 Å². The molecule has 0 saturated carbocycles. The van der Waals surface area contributed by atoms with Gasteiger partial charge in [-0.25, -0.2) is 0 Å². The third-order valence-corrected chi connectivity index (χ3v) is 5.17. The molecule has 0 aliphatic carbocycles. The van der Waals surface area contributed by atoms with Crippen molar-refractivity contribution >= 4 is 27.6 Å². The lowest BCUT2D eigenvalue weighted by molar-refractivity contribution is 0.0920. The van der Waals surface area contributed by atoms with Crippen LogP contribution in [0.5, 0.6) is 11.5 Å². The van der Waals surface area contributed by atoms with Crippen LogP contribution in [-0.2, 0) is 6.54 Å². The van der Waals surface area contributed by atoms with E-state index in [0.717, 1.165) is 16.2 Å². The number of fused-ring (bicyclic) bond motifs is 3. The van der Waals surface area contributed by atoms with E-state index in [1.165, 1.54) is 0 Å². The van der Waals surface area contributed by atoms with Gasteiger partial charge in [-0.15, -0.1) is 0 Å². The normalized spacial score (nSPS) is 11.1. The van der Waals surface area contributed by atoms with Gasteiger partial charge in [-0.05, 0) is 35.0 Å². The van der Waals surface area contributed by atoms with Gasteiger partial charge in [-0.2, -0.15) is 4.98 Å². The standard InChI is InChI=1S/C24H19N3O5/c1-29-15-8-9-17(20(11-15)30-2)23-26-22(32-27-23)13-25-24(28)21-12-18-16-6-4-3-5-14(16)7-10-19(18)31-21/h3-12H,13H2,1-2H3,(H,25,28). The molecule has 5 aromatic rings. The number of ether oxygens (including phenoxy) is 2. The highest BCUT2D eigenvalue weighted by molar-refractivity contribution is 6.08. The number of methoxy groups -OCH3 is 2. The maximum Gasteiger partial charge on any atom is 0.287 e. The predicted octanol–water partition coefficient (Wildman–Crippen LogP) is 4.58. The van der Waals surface area contributed by atoms with Crippen LogP contribution in [0, 0.1) is 0 Å². The zero-order chi connectivity index (χ0) is 22.1. The molecule has 0 saturated heterocycles. The van der Waals surface area contributed by atoms with E-state index in [4.69, 9.17) is 18.4 Å². The maximum atomic E-state index is 12.6. The van der Waals surface area contributed by atoms with Gasteiger partial charge in [0.25, 0.3) is 5.91 Å². The molecule has 3 aromatic carbocycles. The van der Waals surface area contributed by atoms with Gasteiger partial charge in [0.1, 0.15) is 17.1 Å². The average Bonchev–Trinajstić information content (AvgIpc) is 3.49. The van der Waals surface area contributed by atoms with Gasteiger partial charge in [0, 0.05) is 11.5 Å². The van der Waals surface area contributed by atoms with E-state index in [-0.39, 0.29) is 24.1 Å². The molecule has 1 amide bonds.